The first-order valence-electron chi connectivity index (χ1n) is 8.08. The number of hydrogen-bond donors (Lipinski definition) is 1. The van der Waals surface area contributed by atoms with E-state index in [0.29, 0.717) is 10.8 Å². The number of nitrogens with zero attached hydrogens (tertiary/aromatic N) is 4. The third-order valence-corrected chi connectivity index (χ3v) is 4.74. The van der Waals surface area contributed by atoms with E-state index >= 15 is 0 Å². The zero-order chi connectivity index (χ0) is 19.9. The molecule has 142 valence electrons. The van der Waals surface area contributed by atoms with Crippen LogP contribution < -0.4 is 5.32 Å². The molecule has 0 aliphatic carbocycles. The highest BCUT2D eigenvalue weighted by atomic mass is 32.1. The van der Waals surface area contributed by atoms with Gasteiger partial charge in [-0.05, 0) is 19.1 Å². The molecule has 0 aliphatic rings. The molecule has 4 rings (SSSR count). The molecular formula is C18H12F3N5OS. The minimum atomic E-state index is -4.52. The van der Waals surface area contributed by atoms with E-state index in [1.165, 1.54) is 46.3 Å². The van der Waals surface area contributed by atoms with Crippen LogP contribution in [0.25, 0.3) is 16.9 Å². The lowest BCUT2D eigenvalue weighted by Gasteiger charge is -2.12. The Kier molecular flexibility index (Phi) is 4.34. The Balaban J connectivity index is 1.83. The number of halogens is 3. The molecule has 0 saturated carbocycles. The Hall–Kier alpha value is -3.27. The van der Waals surface area contributed by atoms with Crippen LogP contribution in [0.1, 0.15) is 21.6 Å². The molecule has 0 bridgehead atoms. The average molecular weight is 403 g/mol. The molecule has 0 saturated heterocycles. The van der Waals surface area contributed by atoms with Gasteiger partial charge in [0.1, 0.15) is 5.56 Å². The van der Waals surface area contributed by atoms with Crippen molar-refractivity contribution in [3.05, 3.63) is 64.9 Å². The number of amides is 1. The third kappa shape index (κ3) is 3.22. The number of hydrogen-bond acceptors (Lipinski definition) is 5. The Labute approximate surface area is 160 Å². The van der Waals surface area contributed by atoms with Crippen LogP contribution in [0.5, 0.6) is 0 Å². The number of thiazole rings is 1. The van der Waals surface area contributed by atoms with Crippen LogP contribution in [-0.4, -0.2) is 25.5 Å². The highest BCUT2D eigenvalue weighted by Crippen LogP contribution is 2.36. The number of aromatic nitrogens is 4. The highest BCUT2D eigenvalue weighted by Gasteiger charge is 2.33. The van der Waals surface area contributed by atoms with Crippen LogP contribution in [0.4, 0.5) is 18.3 Å². The summed E-state index contributed by atoms with van der Waals surface area (Å²) in [4.78, 5) is 21.0. The molecule has 10 heteroatoms. The fourth-order valence-corrected chi connectivity index (χ4v) is 3.38. The number of nitrogens with one attached hydrogen (secondary N) is 1. The van der Waals surface area contributed by atoms with Crippen molar-refractivity contribution < 1.29 is 18.0 Å². The molecule has 1 N–H and O–H groups in total. The lowest BCUT2D eigenvalue weighted by atomic mass is 10.0. The first-order valence-corrected chi connectivity index (χ1v) is 8.96. The maximum absolute atomic E-state index is 13.4. The van der Waals surface area contributed by atoms with Crippen LogP contribution in [-0.2, 0) is 6.18 Å². The average Bonchev–Trinajstić information content (AvgIpc) is 3.26. The molecule has 6 nitrogen and oxygen atoms in total. The summed E-state index contributed by atoms with van der Waals surface area (Å²) in [6.45, 7) is 1.63. The summed E-state index contributed by atoms with van der Waals surface area (Å²) in [7, 11) is 0. The minimum Gasteiger partial charge on any atom is -0.298 e. The number of anilines is 1. The molecule has 0 fully saturated rings. The Morgan fingerprint density at radius 2 is 2.00 bits per heavy atom. The van der Waals surface area contributed by atoms with Crippen LogP contribution in [0.15, 0.2) is 48.1 Å². The molecule has 0 spiro atoms. The number of carbonyl (C=O) groups excluding carboxylic acids is 1. The monoisotopic (exact) mass is 403 g/mol. The van der Waals surface area contributed by atoms with Gasteiger partial charge in [0, 0.05) is 23.3 Å². The molecule has 0 atom stereocenters. The zero-order valence-corrected chi connectivity index (χ0v) is 15.2. The summed E-state index contributed by atoms with van der Waals surface area (Å²) in [5, 5.41) is 8.99. The Morgan fingerprint density at radius 1 is 1.21 bits per heavy atom. The second kappa shape index (κ2) is 6.71. The van der Waals surface area contributed by atoms with Crippen molar-refractivity contribution in [2.75, 3.05) is 5.32 Å². The molecule has 1 aromatic carbocycles. The van der Waals surface area contributed by atoms with Crippen molar-refractivity contribution >= 4 is 28.0 Å². The van der Waals surface area contributed by atoms with E-state index in [0.717, 1.165) is 6.07 Å². The van der Waals surface area contributed by atoms with Crippen molar-refractivity contribution in [2.24, 2.45) is 0 Å². The van der Waals surface area contributed by atoms with Gasteiger partial charge in [0.15, 0.2) is 10.8 Å². The number of benzene rings is 1. The first-order chi connectivity index (χ1) is 13.3. The van der Waals surface area contributed by atoms with Crippen molar-refractivity contribution in [1.29, 1.82) is 0 Å². The van der Waals surface area contributed by atoms with Crippen molar-refractivity contribution in [3.8, 4) is 11.3 Å². The fraction of sp³-hybridized carbons (Fsp3) is 0.111. The van der Waals surface area contributed by atoms with E-state index in [1.807, 2.05) is 0 Å². The summed E-state index contributed by atoms with van der Waals surface area (Å²) >= 11 is 1.25. The molecule has 0 aliphatic heterocycles. The SMILES string of the molecule is Cc1nn2ccc(-c3ccccc3C(F)(F)F)nc2c1C(=O)Nc1nccs1. The maximum atomic E-state index is 13.4. The van der Waals surface area contributed by atoms with E-state index in [1.54, 1.807) is 18.5 Å². The van der Waals surface area contributed by atoms with Gasteiger partial charge in [0.25, 0.3) is 5.91 Å². The lowest BCUT2D eigenvalue weighted by molar-refractivity contribution is -0.137. The number of rotatable bonds is 3. The predicted octanol–water partition coefficient (Wildman–Crippen LogP) is 4.43. The molecule has 1 amide bonds. The highest BCUT2D eigenvalue weighted by molar-refractivity contribution is 7.13. The second-order valence-corrected chi connectivity index (χ2v) is 6.77. The smallest absolute Gasteiger partial charge is 0.298 e. The minimum absolute atomic E-state index is 0.0670. The standard InChI is InChI=1S/C18H12F3N5OS/c1-10-14(16(27)24-17-22-7-9-28-17)15-23-13(6-8-26(15)25-10)11-4-2-3-5-12(11)18(19,20)21/h2-9H,1H3,(H,22,24,27). The third-order valence-electron chi connectivity index (χ3n) is 4.05. The summed E-state index contributed by atoms with van der Waals surface area (Å²) in [5.74, 6) is -0.476. The van der Waals surface area contributed by atoms with Gasteiger partial charge >= 0.3 is 6.18 Å². The number of alkyl halides is 3. The number of fused-ring (bicyclic) bond motifs is 1. The quantitative estimate of drug-likeness (QED) is 0.549. The zero-order valence-electron chi connectivity index (χ0n) is 14.4. The van der Waals surface area contributed by atoms with Gasteiger partial charge < -0.3 is 0 Å². The summed E-state index contributed by atoms with van der Waals surface area (Å²) < 4.78 is 41.4. The summed E-state index contributed by atoms with van der Waals surface area (Å²) in [5.41, 5.74) is -0.00600. The summed E-state index contributed by atoms with van der Waals surface area (Å²) in [6, 6.07) is 6.61. The Morgan fingerprint density at radius 3 is 2.71 bits per heavy atom. The molecule has 3 heterocycles. The normalized spacial score (nSPS) is 11.7. The predicted molar refractivity (Wildman–Crippen MR) is 98.2 cm³/mol. The van der Waals surface area contributed by atoms with Gasteiger partial charge in [-0.1, -0.05) is 18.2 Å². The van der Waals surface area contributed by atoms with Crippen molar-refractivity contribution in [3.63, 3.8) is 0 Å². The van der Waals surface area contributed by atoms with Crippen molar-refractivity contribution in [2.45, 2.75) is 13.1 Å². The van der Waals surface area contributed by atoms with Gasteiger partial charge in [-0.15, -0.1) is 11.3 Å². The van der Waals surface area contributed by atoms with E-state index in [-0.39, 0.29) is 22.5 Å². The fourth-order valence-electron chi connectivity index (χ4n) is 2.85. The molecule has 0 radical (unpaired) electrons. The lowest BCUT2D eigenvalue weighted by Crippen LogP contribution is -2.13. The molecular weight excluding hydrogens is 391 g/mol. The largest absolute Gasteiger partial charge is 0.417 e. The number of aryl methyl sites for hydroxylation is 1. The molecule has 0 unspecified atom stereocenters. The maximum Gasteiger partial charge on any atom is 0.417 e. The first kappa shape index (κ1) is 18.1. The van der Waals surface area contributed by atoms with Gasteiger partial charge in [-0.25, -0.2) is 14.5 Å². The number of carbonyl (C=O) groups is 1. The van der Waals surface area contributed by atoms with E-state index in [9.17, 15) is 18.0 Å². The van der Waals surface area contributed by atoms with Crippen LogP contribution >= 0.6 is 11.3 Å². The van der Waals surface area contributed by atoms with Crippen molar-refractivity contribution in [1.82, 2.24) is 19.6 Å². The van der Waals surface area contributed by atoms with E-state index in [2.05, 4.69) is 20.4 Å². The van der Waals surface area contributed by atoms with Gasteiger partial charge in [0.2, 0.25) is 0 Å². The van der Waals surface area contributed by atoms with Gasteiger partial charge in [-0.3, -0.25) is 10.1 Å². The van der Waals surface area contributed by atoms with Crippen LogP contribution in [0, 0.1) is 6.92 Å². The van der Waals surface area contributed by atoms with Gasteiger partial charge in [0.05, 0.1) is 17.0 Å². The van der Waals surface area contributed by atoms with Crippen LogP contribution in [0.2, 0.25) is 0 Å². The van der Waals surface area contributed by atoms with E-state index in [4.69, 9.17) is 0 Å². The Bertz CT molecular complexity index is 1170. The topological polar surface area (TPSA) is 72.2 Å². The molecule has 3 aromatic heterocycles. The summed E-state index contributed by atoms with van der Waals surface area (Å²) in [6.07, 6.45) is -1.49. The molecule has 28 heavy (non-hydrogen) atoms. The van der Waals surface area contributed by atoms with Gasteiger partial charge in [-0.2, -0.15) is 18.3 Å². The second-order valence-electron chi connectivity index (χ2n) is 5.88. The van der Waals surface area contributed by atoms with Crippen LogP contribution in [0.3, 0.4) is 0 Å². The molecule has 4 aromatic rings. The van der Waals surface area contributed by atoms with E-state index < -0.39 is 17.6 Å².